The van der Waals surface area contributed by atoms with Gasteiger partial charge in [0.15, 0.2) is 0 Å². The fourth-order valence-corrected chi connectivity index (χ4v) is 2.55. The SMILES string of the molecule is Cc1cccc(NC(=O)CN(C)C(=O)c2cccc(C)c2C)c1C. The van der Waals surface area contributed by atoms with Crippen LogP contribution in [0.4, 0.5) is 5.69 Å². The molecule has 0 saturated heterocycles. The Hall–Kier alpha value is -2.62. The van der Waals surface area contributed by atoms with Crippen LogP contribution in [0.5, 0.6) is 0 Å². The van der Waals surface area contributed by atoms with Crippen LogP contribution in [0, 0.1) is 27.7 Å². The first kappa shape index (κ1) is 17.7. The first-order chi connectivity index (χ1) is 11.3. The van der Waals surface area contributed by atoms with Crippen LogP contribution in [0.1, 0.15) is 32.6 Å². The van der Waals surface area contributed by atoms with E-state index in [0.29, 0.717) is 5.56 Å². The molecule has 0 bridgehead atoms. The second kappa shape index (κ2) is 7.30. The Bertz CT molecular complexity index is 781. The van der Waals surface area contributed by atoms with E-state index < -0.39 is 0 Å². The summed E-state index contributed by atoms with van der Waals surface area (Å²) < 4.78 is 0. The third-order valence-corrected chi connectivity index (χ3v) is 4.44. The molecule has 0 aliphatic rings. The number of anilines is 1. The van der Waals surface area contributed by atoms with Gasteiger partial charge < -0.3 is 10.2 Å². The highest BCUT2D eigenvalue weighted by molar-refractivity contribution is 6.00. The van der Waals surface area contributed by atoms with E-state index in [1.165, 1.54) is 4.90 Å². The molecule has 4 heteroatoms. The second-order valence-electron chi connectivity index (χ2n) is 6.20. The van der Waals surface area contributed by atoms with Gasteiger partial charge in [-0.15, -0.1) is 0 Å². The minimum atomic E-state index is -0.204. The standard InChI is InChI=1S/C20H24N2O2/c1-13-8-6-10-17(15(13)3)20(24)22(5)12-19(23)21-18-11-7-9-14(2)16(18)4/h6-11H,12H2,1-5H3,(H,21,23). The second-order valence-corrected chi connectivity index (χ2v) is 6.20. The smallest absolute Gasteiger partial charge is 0.254 e. The minimum absolute atomic E-state index is 0.0135. The van der Waals surface area contributed by atoms with Crippen LogP contribution < -0.4 is 5.32 Å². The van der Waals surface area contributed by atoms with Crippen LogP contribution in [0.25, 0.3) is 0 Å². The maximum absolute atomic E-state index is 12.6. The van der Waals surface area contributed by atoms with Crippen molar-refractivity contribution in [1.29, 1.82) is 0 Å². The Morgan fingerprint density at radius 1 is 0.917 bits per heavy atom. The minimum Gasteiger partial charge on any atom is -0.332 e. The first-order valence-corrected chi connectivity index (χ1v) is 7.99. The van der Waals surface area contributed by atoms with Gasteiger partial charge in [-0.1, -0.05) is 24.3 Å². The summed E-state index contributed by atoms with van der Waals surface area (Å²) in [6.07, 6.45) is 0. The summed E-state index contributed by atoms with van der Waals surface area (Å²) in [6.45, 7) is 7.88. The molecule has 0 aliphatic carbocycles. The first-order valence-electron chi connectivity index (χ1n) is 7.99. The Morgan fingerprint density at radius 2 is 1.50 bits per heavy atom. The Labute approximate surface area is 143 Å². The highest BCUT2D eigenvalue weighted by atomic mass is 16.2. The lowest BCUT2D eigenvalue weighted by molar-refractivity contribution is -0.116. The number of carbonyl (C=O) groups is 2. The van der Waals surface area contributed by atoms with E-state index in [2.05, 4.69) is 5.32 Å². The number of aryl methyl sites for hydroxylation is 2. The maximum Gasteiger partial charge on any atom is 0.254 e. The van der Waals surface area contributed by atoms with Crippen molar-refractivity contribution in [2.75, 3.05) is 18.9 Å². The van der Waals surface area contributed by atoms with Gasteiger partial charge in [0.25, 0.3) is 5.91 Å². The van der Waals surface area contributed by atoms with E-state index in [1.54, 1.807) is 13.1 Å². The lowest BCUT2D eigenvalue weighted by atomic mass is 10.0. The number of nitrogens with zero attached hydrogens (tertiary/aromatic N) is 1. The number of carbonyl (C=O) groups excluding carboxylic acids is 2. The molecular weight excluding hydrogens is 300 g/mol. The molecule has 0 heterocycles. The molecule has 2 amide bonds. The Balaban J connectivity index is 2.07. The number of amides is 2. The van der Waals surface area contributed by atoms with E-state index >= 15 is 0 Å². The molecule has 126 valence electrons. The van der Waals surface area contributed by atoms with Crippen molar-refractivity contribution >= 4 is 17.5 Å². The Morgan fingerprint density at radius 3 is 2.17 bits per heavy atom. The zero-order chi connectivity index (χ0) is 17.9. The number of nitrogens with one attached hydrogen (secondary N) is 1. The van der Waals surface area contributed by atoms with Gasteiger partial charge in [0.2, 0.25) is 5.91 Å². The third kappa shape index (κ3) is 3.82. The molecule has 0 atom stereocenters. The number of hydrogen-bond acceptors (Lipinski definition) is 2. The molecule has 0 unspecified atom stereocenters. The van der Waals surface area contributed by atoms with Crippen molar-refractivity contribution in [3.63, 3.8) is 0 Å². The topological polar surface area (TPSA) is 49.4 Å². The summed E-state index contributed by atoms with van der Waals surface area (Å²) in [7, 11) is 1.65. The number of benzene rings is 2. The largest absolute Gasteiger partial charge is 0.332 e. The maximum atomic E-state index is 12.6. The quantitative estimate of drug-likeness (QED) is 0.933. The molecule has 0 saturated carbocycles. The Kier molecular flexibility index (Phi) is 5.39. The van der Waals surface area contributed by atoms with Crippen molar-refractivity contribution in [3.05, 3.63) is 64.2 Å². The van der Waals surface area contributed by atoms with E-state index in [9.17, 15) is 9.59 Å². The van der Waals surface area contributed by atoms with E-state index in [0.717, 1.165) is 27.9 Å². The molecule has 24 heavy (non-hydrogen) atoms. The zero-order valence-corrected chi connectivity index (χ0v) is 14.9. The van der Waals surface area contributed by atoms with Gasteiger partial charge in [-0.2, -0.15) is 0 Å². The van der Waals surface area contributed by atoms with Crippen molar-refractivity contribution in [2.24, 2.45) is 0 Å². The lowest BCUT2D eigenvalue weighted by Gasteiger charge is -2.19. The van der Waals surface area contributed by atoms with E-state index in [-0.39, 0.29) is 18.4 Å². The fraction of sp³-hybridized carbons (Fsp3) is 0.300. The summed E-state index contributed by atoms with van der Waals surface area (Å²) in [4.78, 5) is 26.3. The lowest BCUT2D eigenvalue weighted by Crippen LogP contribution is -2.35. The molecule has 2 aromatic carbocycles. The average molecular weight is 324 g/mol. The monoisotopic (exact) mass is 324 g/mol. The van der Waals surface area contributed by atoms with Crippen LogP contribution >= 0.6 is 0 Å². The van der Waals surface area contributed by atoms with Crippen molar-refractivity contribution in [1.82, 2.24) is 4.90 Å². The number of likely N-dealkylation sites (N-methyl/N-ethyl adjacent to an activating group) is 1. The molecule has 2 rings (SSSR count). The van der Waals surface area contributed by atoms with Crippen molar-refractivity contribution < 1.29 is 9.59 Å². The average Bonchev–Trinajstić information content (AvgIpc) is 2.53. The van der Waals surface area contributed by atoms with Gasteiger partial charge >= 0.3 is 0 Å². The molecule has 2 aromatic rings. The predicted molar refractivity (Wildman–Crippen MR) is 97.4 cm³/mol. The predicted octanol–water partition coefficient (Wildman–Crippen LogP) is 3.63. The fourth-order valence-electron chi connectivity index (χ4n) is 2.55. The zero-order valence-electron chi connectivity index (χ0n) is 14.9. The van der Waals surface area contributed by atoms with Gasteiger partial charge in [-0.05, 0) is 62.1 Å². The molecule has 0 fully saturated rings. The highest BCUT2D eigenvalue weighted by Crippen LogP contribution is 2.18. The van der Waals surface area contributed by atoms with E-state index in [1.807, 2.05) is 58.0 Å². The summed E-state index contributed by atoms with van der Waals surface area (Å²) >= 11 is 0. The van der Waals surface area contributed by atoms with Crippen LogP contribution in [0.3, 0.4) is 0 Å². The van der Waals surface area contributed by atoms with Crippen LogP contribution in [-0.4, -0.2) is 30.3 Å². The highest BCUT2D eigenvalue weighted by Gasteiger charge is 2.17. The van der Waals surface area contributed by atoms with Gasteiger partial charge in [0.1, 0.15) is 0 Å². The normalized spacial score (nSPS) is 10.4. The van der Waals surface area contributed by atoms with Crippen molar-refractivity contribution in [2.45, 2.75) is 27.7 Å². The summed E-state index contributed by atoms with van der Waals surface area (Å²) in [5, 5.41) is 2.88. The van der Waals surface area contributed by atoms with Gasteiger partial charge in [0.05, 0.1) is 6.54 Å². The molecular formula is C20H24N2O2. The van der Waals surface area contributed by atoms with Crippen LogP contribution in [0.15, 0.2) is 36.4 Å². The van der Waals surface area contributed by atoms with Crippen molar-refractivity contribution in [3.8, 4) is 0 Å². The summed E-state index contributed by atoms with van der Waals surface area (Å²) in [5.74, 6) is -0.350. The third-order valence-electron chi connectivity index (χ3n) is 4.44. The number of hydrogen-bond donors (Lipinski definition) is 1. The molecule has 0 radical (unpaired) electrons. The summed E-state index contributed by atoms with van der Waals surface area (Å²) in [6, 6.07) is 11.4. The van der Waals surface area contributed by atoms with Crippen LogP contribution in [-0.2, 0) is 4.79 Å². The molecule has 1 N–H and O–H groups in total. The van der Waals surface area contributed by atoms with Crippen LogP contribution in [0.2, 0.25) is 0 Å². The van der Waals surface area contributed by atoms with E-state index in [4.69, 9.17) is 0 Å². The van der Waals surface area contributed by atoms with Gasteiger partial charge in [-0.3, -0.25) is 9.59 Å². The molecule has 0 aromatic heterocycles. The molecule has 0 spiro atoms. The molecule has 0 aliphatic heterocycles. The van der Waals surface area contributed by atoms with Gasteiger partial charge in [-0.25, -0.2) is 0 Å². The summed E-state index contributed by atoms with van der Waals surface area (Å²) in [5.41, 5.74) is 5.59. The van der Waals surface area contributed by atoms with Gasteiger partial charge in [0, 0.05) is 18.3 Å². The number of rotatable bonds is 4. The molecule has 4 nitrogen and oxygen atoms in total.